The van der Waals surface area contributed by atoms with E-state index in [1.165, 1.54) is 17.2 Å². The van der Waals surface area contributed by atoms with Gasteiger partial charge >= 0.3 is 5.97 Å². The minimum absolute atomic E-state index is 0.0103. The molecular formula is C61H94N8O13. The Labute approximate surface area is 485 Å². The fourth-order valence-corrected chi connectivity index (χ4v) is 13.0. The van der Waals surface area contributed by atoms with Gasteiger partial charge in [0.15, 0.2) is 0 Å². The molecule has 1 aromatic rings. The number of imide groups is 2. The van der Waals surface area contributed by atoms with Gasteiger partial charge < -0.3 is 29.3 Å². The lowest BCUT2D eigenvalue weighted by Crippen LogP contribution is -2.60. The van der Waals surface area contributed by atoms with Gasteiger partial charge in [-0.25, -0.2) is 5.06 Å². The van der Waals surface area contributed by atoms with E-state index in [9.17, 15) is 43.2 Å². The Bertz CT molecular complexity index is 2390. The molecule has 0 bridgehead atoms. The summed E-state index contributed by atoms with van der Waals surface area (Å²) in [5.41, 5.74) is -0.210. The highest BCUT2D eigenvalue weighted by molar-refractivity contribution is 6.12. The molecule has 456 valence electrons. The van der Waals surface area contributed by atoms with Crippen LogP contribution in [0.2, 0.25) is 0 Å². The standard InChI is InChI=1S/C61H94N8O13/c1-12-41(6)55(47(79-10)37-51(73)67-31-18-23-46(67)56(80-11)42(7)57(75)63-61(60(78)69-33-16-17-36-81-69)38-45(61)43-21-14-13-15-22-43)65(9)54(40(4)5)59(77)62-58(76)53(39(2)3)64(8)30-20-25-52(74)82-44-28-34-66(35-29-44)48(70)24-19-32-68-49(71)26-27-50(68)72/h13-15,21-22,26-27,39-42,44-47,53-56H,12,16-20,23-25,28-38H2,1-11H3,(H,63,75)(H,62,76,77)/t41-,42+,45+,46-,47+,53-,54-,55-,56+,61-/m0/s1. The van der Waals surface area contributed by atoms with Gasteiger partial charge in [-0.2, -0.15) is 0 Å². The van der Waals surface area contributed by atoms with Crippen molar-refractivity contribution in [3.05, 3.63) is 48.0 Å². The fraction of sp³-hybridized carbons (Fsp3) is 0.721. The SMILES string of the molecule is CC[C@H](C)[C@@H]([C@@H](CC(=O)N1CCC[C@H]1[C@H](OC)[C@@H](C)C(=O)N[C@@]1(C(=O)N2CCCCO2)C[C@@H]1c1ccccc1)OC)N(C)[C@H](C(=O)NC(=O)[C@H](C(C)C)N(C)CCCC(=O)OC1CCN(C(=O)CCCN2C(=O)C=CC2=O)CC1)C(C)C. The molecule has 2 N–H and O–H groups in total. The van der Waals surface area contributed by atoms with Gasteiger partial charge in [-0.05, 0) is 88.9 Å². The number of esters is 1. The molecule has 0 aromatic heterocycles. The maximum absolute atomic E-state index is 14.7. The van der Waals surface area contributed by atoms with Crippen LogP contribution in [0.25, 0.3) is 0 Å². The summed E-state index contributed by atoms with van der Waals surface area (Å²) < 4.78 is 18.1. The molecule has 4 aliphatic heterocycles. The Kier molecular flexibility index (Phi) is 24.2. The van der Waals surface area contributed by atoms with Crippen molar-refractivity contribution in [2.24, 2.45) is 23.7 Å². The minimum Gasteiger partial charge on any atom is -0.462 e. The number of ether oxygens (including phenoxy) is 3. The zero-order valence-electron chi connectivity index (χ0n) is 50.6. The highest BCUT2D eigenvalue weighted by atomic mass is 16.7. The minimum atomic E-state index is -1.17. The Morgan fingerprint density at radius 3 is 2.02 bits per heavy atom. The first-order valence-corrected chi connectivity index (χ1v) is 30.0. The molecule has 0 spiro atoms. The van der Waals surface area contributed by atoms with Crippen LogP contribution in [0.5, 0.6) is 0 Å². The van der Waals surface area contributed by atoms with E-state index in [0.717, 1.165) is 23.3 Å². The summed E-state index contributed by atoms with van der Waals surface area (Å²) >= 11 is 0. The number of hydroxylamine groups is 2. The van der Waals surface area contributed by atoms with Crippen LogP contribution >= 0.6 is 0 Å². The topological polar surface area (TPSA) is 234 Å². The first kappa shape index (κ1) is 65.5. The molecule has 1 aliphatic carbocycles. The number of nitrogens with one attached hydrogen (secondary N) is 2. The number of piperidine rings is 1. The van der Waals surface area contributed by atoms with Crippen molar-refractivity contribution in [2.45, 2.75) is 186 Å². The van der Waals surface area contributed by atoms with Crippen LogP contribution in [-0.4, -0.2) is 205 Å². The molecule has 0 radical (unpaired) electrons. The van der Waals surface area contributed by atoms with Crippen LogP contribution in [0.4, 0.5) is 0 Å². The Hall–Kier alpha value is -5.61. The van der Waals surface area contributed by atoms with Gasteiger partial charge in [-0.1, -0.05) is 85.2 Å². The third-order valence-electron chi connectivity index (χ3n) is 17.7. The van der Waals surface area contributed by atoms with Gasteiger partial charge in [0.25, 0.3) is 17.7 Å². The molecule has 8 amide bonds. The lowest BCUT2D eigenvalue weighted by molar-refractivity contribution is -0.200. The number of hydrogen-bond acceptors (Lipinski definition) is 15. The van der Waals surface area contributed by atoms with Crippen LogP contribution in [0, 0.1) is 23.7 Å². The molecule has 3 saturated heterocycles. The largest absolute Gasteiger partial charge is 0.462 e. The maximum atomic E-state index is 14.7. The summed E-state index contributed by atoms with van der Waals surface area (Å²) in [6.45, 7) is 16.3. The molecular weight excluding hydrogens is 1050 g/mol. The second kappa shape index (κ2) is 30.3. The van der Waals surface area contributed by atoms with Crippen molar-refractivity contribution < 1.29 is 62.2 Å². The third-order valence-corrected chi connectivity index (χ3v) is 17.7. The molecule has 5 aliphatic rings. The maximum Gasteiger partial charge on any atom is 0.306 e. The third kappa shape index (κ3) is 16.2. The number of nitrogens with zero attached hydrogens (tertiary/aromatic N) is 6. The summed E-state index contributed by atoms with van der Waals surface area (Å²) in [7, 11) is 6.76. The number of benzene rings is 1. The first-order chi connectivity index (χ1) is 39.1. The zero-order chi connectivity index (χ0) is 60.0. The van der Waals surface area contributed by atoms with Crippen LogP contribution in [0.3, 0.4) is 0 Å². The monoisotopic (exact) mass is 1150 g/mol. The molecule has 1 aromatic carbocycles. The quantitative estimate of drug-likeness (QED) is 0.0823. The normalized spacial score (nSPS) is 23.0. The van der Waals surface area contributed by atoms with Crippen LogP contribution < -0.4 is 10.6 Å². The van der Waals surface area contributed by atoms with Crippen molar-refractivity contribution in [3.63, 3.8) is 0 Å². The number of amides is 8. The summed E-state index contributed by atoms with van der Waals surface area (Å²) in [5, 5.41) is 7.31. The lowest BCUT2D eigenvalue weighted by atomic mass is 9.87. The molecule has 10 atom stereocenters. The summed E-state index contributed by atoms with van der Waals surface area (Å²) in [4.78, 5) is 136. The van der Waals surface area contributed by atoms with E-state index in [1.807, 2.05) is 81.8 Å². The van der Waals surface area contributed by atoms with Crippen LogP contribution in [0.1, 0.15) is 143 Å². The van der Waals surface area contributed by atoms with Crippen molar-refractivity contribution in [3.8, 4) is 0 Å². The van der Waals surface area contributed by atoms with Crippen molar-refractivity contribution in [2.75, 3.05) is 74.2 Å². The molecule has 1 saturated carbocycles. The van der Waals surface area contributed by atoms with E-state index < -0.39 is 59.6 Å². The number of carbonyl (C=O) groups is 9. The van der Waals surface area contributed by atoms with Gasteiger partial charge in [0.1, 0.15) is 11.6 Å². The lowest BCUT2D eigenvalue weighted by Gasteiger charge is -2.43. The van der Waals surface area contributed by atoms with Crippen molar-refractivity contribution in [1.29, 1.82) is 0 Å². The molecule has 4 heterocycles. The second-order valence-corrected chi connectivity index (χ2v) is 24.0. The van der Waals surface area contributed by atoms with E-state index in [0.29, 0.717) is 90.7 Å². The predicted octanol–water partition coefficient (Wildman–Crippen LogP) is 4.62. The predicted molar refractivity (Wildman–Crippen MR) is 306 cm³/mol. The van der Waals surface area contributed by atoms with Crippen molar-refractivity contribution >= 4 is 53.2 Å². The Morgan fingerprint density at radius 1 is 0.768 bits per heavy atom. The highest BCUT2D eigenvalue weighted by Crippen LogP contribution is 2.53. The number of carbonyl (C=O) groups excluding carboxylic acids is 9. The van der Waals surface area contributed by atoms with E-state index >= 15 is 0 Å². The van der Waals surface area contributed by atoms with E-state index in [-0.39, 0.29) is 97.0 Å². The molecule has 0 unspecified atom stereocenters. The second-order valence-electron chi connectivity index (χ2n) is 24.0. The van der Waals surface area contributed by atoms with Crippen molar-refractivity contribution in [1.82, 2.24) is 40.2 Å². The van der Waals surface area contributed by atoms with E-state index in [4.69, 9.17) is 19.0 Å². The summed E-state index contributed by atoms with van der Waals surface area (Å²) in [6.07, 6.45) is 6.99. The number of likely N-dealkylation sites (N-methyl/N-ethyl adjacent to an activating group) is 2. The van der Waals surface area contributed by atoms with Gasteiger partial charge in [0, 0.05) is 96.7 Å². The first-order valence-electron chi connectivity index (χ1n) is 30.0. The molecule has 21 heteroatoms. The molecule has 21 nitrogen and oxygen atoms in total. The average Bonchev–Trinajstić information content (AvgIpc) is 3.39. The van der Waals surface area contributed by atoms with Gasteiger partial charge in [-0.15, -0.1) is 0 Å². The van der Waals surface area contributed by atoms with Crippen LogP contribution in [-0.2, 0) is 62.2 Å². The molecule has 82 heavy (non-hydrogen) atoms. The number of hydrogen-bond donors (Lipinski definition) is 2. The fourth-order valence-electron chi connectivity index (χ4n) is 13.0. The van der Waals surface area contributed by atoms with Gasteiger partial charge in [0.05, 0.1) is 49.3 Å². The van der Waals surface area contributed by atoms with Gasteiger partial charge in [0.2, 0.25) is 29.5 Å². The smallest absolute Gasteiger partial charge is 0.306 e. The van der Waals surface area contributed by atoms with Gasteiger partial charge in [-0.3, -0.25) is 68.0 Å². The summed E-state index contributed by atoms with van der Waals surface area (Å²) in [6, 6.07) is 7.36. The number of rotatable bonds is 29. The van der Waals surface area contributed by atoms with E-state index in [2.05, 4.69) is 17.6 Å². The Balaban J connectivity index is 1.02. The number of likely N-dealkylation sites (tertiary alicyclic amines) is 2. The molecule has 6 rings (SSSR count). The average molecular weight is 1150 g/mol. The Morgan fingerprint density at radius 2 is 1.43 bits per heavy atom. The molecule has 4 fully saturated rings. The van der Waals surface area contributed by atoms with E-state index in [1.54, 1.807) is 38.0 Å². The number of methoxy groups -OCH3 is 2. The highest BCUT2D eigenvalue weighted by Gasteiger charge is 2.64. The summed E-state index contributed by atoms with van der Waals surface area (Å²) in [5.74, 6) is -4.33. The zero-order valence-corrected chi connectivity index (χ0v) is 50.6. The van der Waals surface area contributed by atoms with Crippen LogP contribution in [0.15, 0.2) is 42.5 Å².